The fraction of sp³-hybridized carbons (Fsp3) is 0.600. The number of carbonyl (C=O) groups excluding carboxylic acids is 1. The van der Waals surface area contributed by atoms with Crippen molar-refractivity contribution in [3.05, 3.63) is 22.9 Å². The van der Waals surface area contributed by atoms with Gasteiger partial charge >= 0.3 is 0 Å². The highest BCUT2D eigenvalue weighted by atomic mass is 16.1. The standard InChI is InChI=1S/C15H23N5O/c1-19-5-6-20(11(8-16)9-19)15-12(14(17)21)7-10-3-2-4-13(10)18-15/h7,11H,2-6,8-9,16H2,1H3,(H2,17,21). The molecule has 2 heterocycles. The maximum Gasteiger partial charge on any atom is 0.252 e. The summed E-state index contributed by atoms with van der Waals surface area (Å²) in [7, 11) is 2.09. The minimum Gasteiger partial charge on any atom is -0.365 e. The van der Waals surface area contributed by atoms with E-state index in [-0.39, 0.29) is 6.04 Å². The van der Waals surface area contributed by atoms with Crippen LogP contribution in [0, 0.1) is 0 Å². The quantitative estimate of drug-likeness (QED) is 0.801. The Labute approximate surface area is 125 Å². The molecule has 114 valence electrons. The number of amides is 1. The molecule has 0 radical (unpaired) electrons. The second-order valence-corrected chi connectivity index (χ2v) is 6.03. The molecule has 6 nitrogen and oxygen atoms in total. The topological polar surface area (TPSA) is 88.5 Å². The number of anilines is 1. The molecule has 1 aromatic heterocycles. The van der Waals surface area contributed by atoms with E-state index >= 15 is 0 Å². The third-order valence-electron chi connectivity index (χ3n) is 4.53. The molecular weight excluding hydrogens is 266 g/mol. The van der Waals surface area contributed by atoms with E-state index in [1.807, 2.05) is 6.07 Å². The molecule has 2 aliphatic rings. The number of nitrogens with two attached hydrogens (primary N) is 2. The van der Waals surface area contributed by atoms with Gasteiger partial charge in [-0.25, -0.2) is 4.98 Å². The Bertz CT molecular complexity index is 559. The van der Waals surface area contributed by atoms with Gasteiger partial charge in [-0.15, -0.1) is 0 Å². The zero-order valence-electron chi connectivity index (χ0n) is 12.5. The third-order valence-corrected chi connectivity index (χ3v) is 4.53. The lowest BCUT2D eigenvalue weighted by molar-refractivity contribution is 0.1000. The first-order chi connectivity index (χ1) is 10.1. The first kappa shape index (κ1) is 14.3. The minimum atomic E-state index is -0.401. The molecule has 3 rings (SSSR count). The average molecular weight is 289 g/mol. The number of aromatic nitrogens is 1. The molecule has 4 N–H and O–H groups in total. The van der Waals surface area contributed by atoms with Crippen molar-refractivity contribution >= 4 is 11.7 Å². The number of carbonyl (C=O) groups is 1. The predicted octanol–water partition coefficient (Wildman–Crippen LogP) is -0.252. The summed E-state index contributed by atoms with van der Waals surface area (Å²) in [4.78, 5) is 21.0. The Balaban J connectivity index is 2.02. The Hall–Kier alpha value is -1.66. The lowest BCUT2D eigenvalue weighted by atomic mass is 10.1. The molecule has 1 unspecified atom stereocenters. The zero-order valence-corrected chi connectivity index (χ0v) is 12.5. The van der Waals surface area contributed by atoms with Gasteiger partial charge in [-0.1, -0.05) is 0 Å². The molecule has 1 aliphatic carbocycles. The fourth-order valence-corrected chi connectivity index (χ4v) is 3.35. The van der Waals surface area contributed by atoms with Crippen molar-refractivity contribution in [2.45, 2.75) is 25.3 Å². The van der Waals surface area contributed by atoms with Crippen molar-refractivity contribution in [1.29, 1.82) is 0 Å². The van der Waals surface area contributed by atoms with Crippen molar-refractivity contribution in [2.75, 3.05) is 38.1 Å². The summed E-state index contributed by atoms with van der Waals surface area (Å²) in [6, 6.07) is 2.12. The van der Waals surface area contributed by atoms with Gasteiger partial charge in [0.2, 0.25) is 0 Å². The molecule has 0 saturated carbocycles. The van der Waals surface area contributed by atoms with Gasteiger partial charge in [0.1, 0.15) is 5.82 Å². The number of nitrogens with zero attached hydrogens (tertiary/aromatic N) is 3. The lowest BCUT2D eigenvalue weighted by Gasteiger charge is -2.41. The average Bonchev–Trinajstić information content (AvgIpc) is 2.93. The van der Waals surface area contributed by atoms with Crippen LogP contribution in [0.3, 0.4) is 0 Å². The summed E-state index contributed by atoms with van der Waals surface area (Å²) in [5.41, 5.74) is 14.3. The SMILES string of the molecule is CN1CCN(c2nc3c(cc2C(N)=O)CCC3)C(CN)C1. The van der Waals surface area contributed by atoms with Crippen LogP contribution >= 0.6 is 0 Å². The Morgan fingerprint density at radius 2 is 2.24 bits per heavy atom. The van der Waals surface area contributed by atoms with Crippen LogP contribution in [0.4, 0.5) is 5.82 Å². The first-order valence-corrected chi connectivity index (χ1v) is 7.58. The molecule has 21 heavy (non-hydrogen) atoms. The predicted molar refractivity (Wildman–Crippen MR) is 82.5 cm³/mol. The molecule has 1 aromatic rings. The van der Waals surface area contributed by atoms with Gasteiger partial charge in [-0.2, -0.15) is 0 Å². The Morgan fingerprint density at radius 1 is 1.43 bits per heavy atom. The first-order valence-electron chi connectivity index (χ1n) is 7.58. The summed E-state index contributed by atoms with van der Waals surface area (Å²) in [6.45, 7) is 3.19. The van der Waals surface area contributed by atoms with E-state index in [9.17, 15) is 4.79 Å². The molecule has 0 spiro atoms. The number of rotatable bonds is 3. The number of likely N-dealkylation sites (N-methyl/N-ethyl adjacent to an activating group) is 1. The van der Waals surface area contributed by atoms with E-state index in [2.05, 4.69) is 16.8 Å². The Kier molecular flexibility index (Phi) is 3.82. The van der Waals surface area contributed by atoms with Crippen LogP contribution in [0.25, 0.3) is 0 Å². The van der Waals surface area contributed by atoms with Crippen molar-refractivity contribution in [3.63, 3.8) is 0 Å². The van der Waals surface area contributed by atoms with E-state index in [4.69, 9.17) is 16.5 Å². The smallest absolute Gasteiger partial charge is 0.252 e. The van der Waals surface area contributed by atoms with Crippen LogP contribution in [0.5, 0.6) is 0 Å². The second kappa shape index (κ2) is 5.61. The fourth-order valence-electron chi connectivity index (χ4n) is 3.35. The number of fused-ring (bicyclic) bond motifs is 1. The molecule has 1 fully saturated rings. The molecule has 1 amide bonds. The number of hydrogen-bond acceptors (Lipinski definition) is 5. The van der Waals surface area contributed by atoms with Crippen LogP contribution in [-0.2, 0) is 12.8 Å². The highest BCUT2D eigenvalue weighted by molar-refractivity contribution is 5.98. The molecule has 1 saturated heterocycles. The Morgan fingerprint density at radius 3 is 2.95 bits per heavy atom. The van der Waals surface area contributed by atoms with Crippen LogP contribution in [0.1, 0.15) is 28.0 Å². The summed E-state index contributed by atoms with van der Waals surface area (Å²) in [5.74, 6) is 0.327. The largest absolute Gasteiger partial charge is 0.365 e. The highest BCUT2D eigenvalue weighted by Gasteiger charge is 2.29. The van der Waals surface area contributed by atoms with Crippen molar-refractivity contribution in [3.8, 4) is 0 Å². The molecule has 1 atom stereocenters. The lowest BCUT2D eigenvalue weighted by Crippen LogP contribution is -2.55. The third kappa shape index (κ3) is 2.61. The maximum absolute atomic E-state index is 11.8. The molecule has 6 heteroatoms. The van der Waals surface area contributed by atoms with Crippen LogP contribution in [0.15, 0.2) is 6.07 Å². The molecule has 0 bridgehead atoms. The van der Waals surface area contributed by atoms with Crippen molar-refractivity contribution < 1.29 is 4.79 Å². The van der Waals surface area contributed by atoms with Crippen molar-refractivity contribution in [2.24, 2.45) is 11.5 Å². The van der Waals surface area contributed by atoms with E-state index in [0.29, 0.717) is 12.1 Å². The van der Waals surface area contributed by atoms with E-state index in [1.165, 1.54) is 5.56 Å². The van der Waals surface area contributed by atoms with Gasteiger partial charge in [0, 0.05) is 31.9 Å². The van der Waals surface area contributed by atoms with Crippen LogP contribution in [-0.4, -0.2) is 55.1 Å². The van der Waals surface area contributed by atoms with Crippen LogP contribution < -0.4 is 16.4 Å². The highest BCUT2D eigenvalue weighted by Crippen LogP contribution is 2.29. The van der Waals surface area contributed by atoms with Gasteiger partial charge in [-0.3, -0.25) is 4.79 Å². The minimum absolute atomic E-state index is 0.175. The summed E-state index contributed by atoms with van der Waals surface area (Å²) < 4.78 is 0. The van der Waals surface area contributed by atoms with E-state index in [1.54, 1.807) is 0 Å². The van der Waals surface area contributed by atoms with Gasteiger partial charge < -0.3 is 21.3 Å². The number of hydrogen-bond donors (Lipinski definition) is 2. The molecule has 1 aliphatic heterocycles. The van der Waals surface area contributed by atoms with E-state index in [0.717, 1.165) is 50.4 Å². The molecular formula is C15H23N5O. The van der Waals surface area contributed by atoms with Gasteiger partial charge in [0.05, 0.1) is 11.6 Å². The number of primary amides is 1. The number of pyridine rings is 1. The van der Waals surface area contributed by atoms with Gasteiger partial charge in [-0.05, 0) is 37.9 Å². The van der Waals surface area contributed by atoms with E-state index < -0.39 is 5.91 Å². The van der Waals surface area contributed by atoms with Crippen LogP contribution in [0.2, 0.25) is 0 Å². The second-order valence-electron chi connectivity index (χ2n) is 6.03. The van der Waals surface area contributed by atoms with Gasteiger partial charge in [0.15, 0.2) is 0 Å². The normalized spacial score (nSPS) is 22.4. The zero-order chi connectivity index (χ0) is 15.0. The number of aryl methyl sites for hydroxylation is 2. The monoisotopic (exact) mass is 289 g/mol. The number of piperazine rings is 1. The maximum atomic E-state index is 11.8. The molecule has 0 aromatic carbocycles. The van der Waals surface area contributed by atoms with Gasteiger partial charge in [0.25, 0.3) is 5.91 Å². The summed E-state index contributed by atoms with van der Waals surface area (Å²) in [5, 5.41) is 0. The summed E-state index contributed by atoms with van der Waals surface area (Å²) in [6.07, 6.45) is 3.08. The van der Waals surface area contributed by atoms with Crippen molar-refractivity contribution in [1.82, 2.24) is 9.88 Å². The summed E-state index contributed by atoms with van der Waals surface area (Å²) >= 11 is 0.